The largest absolute Gasteiger partial charge is 0.384 e. The highest BCUT2D eigenvalue weighted by atomic mass is 16.2. The van der Waals surface area contributed by atoms with Crippen molar-refractivity contribution in [3.05, 3.63) is 59.7 Å². The summed E-state index contributed by atoms with van der Waals surface area (Å²) in [4.78, 5) is 11.9. The minimum atomic E-state index is -0.296. The molecule has 2 aromatic carbocycles. The summed E-state index contributed by atoms with van der Waals surface area (Å²) in [6.07, 6.45) is 0. The van der Waals surface area contributed by atoms with Crippen molar-refractivity contribution in [2.75, 3.05) is 17.2 Å². The molecule has 0 unspecified atom stereocenters. The summed E-state index contributed by atoms with van der Waals surface area (Å²) in [6, 6.07) is 14.4. The van der Waals surface area contributed by atoms with Crippen molar-refractivity contribution in [1.29, 1.82) is 0 Å². The van der Waals surface area contributed by atoms with Crippen molar-refractivity contribution in [3.63, 3.8) is 0 Å². The van der Waals surface area contributed by atoms with Crippen LogP contribution in [-0.2, 0) is 0 Å². The van der Waals surface area contributed by atoms with Crippen molar-refractivity contribution in [1.82, 2.24) is 0 Å². The Morgan fingerprint density at radius 1 is 1.10 bits per heavy atom. The fourth-order valence-corrected chi connectivity index (χ4v) is 1.79. The Morgan fingerprint density at radius 3 is 2.48 bits per heavy atom. The topological polar surface area (TPSA) is 61.4 Å². The number of hydrogen-bond donors (Lipinski definition) is 3. The lowest BCUT2D eigenvalue weighted by molar-refractivity contribution is 0.262. The molecule has 3 N–H and O–H groups in total. The van der Waals surface area contributed by atoms with Crippen LogP contribution in [0.1, 0.15) is 11.1 Å². The Bertz CT molecular complexity index is 682. The molecule has 0 aliphatic heterocycles. The van der Waals surface area contributed by atoms with Gasteiger partial charge >= 0.3 is 6.03 Å². The number of benzene rings is 2. The lowest BCUT2D eigenvalue weighted by Crippen LogP contribution is -2.19. The molecular weight excluding hydrogens is 264 g/mol. The molecule has 0 saturated heterocycles. The van der Waals surface area contributed by atoms with Gasteiger partial charge in [-0.1, -0.05) is 24.0 Å². The molecule has 0 saturated carbocycles. The molecule has 0 aliphatic carbocycles. The second-order valence-corrected chi connectivity index (χ2v) is 4.49. The number of aliphatic hydroxyl groups is 1. The third-order valence-corrected chi connectivity index (χ3v) is 2.73. The van der Waals surface area contributed by atoms with Gasteiger partial charge in [0, 0.05) is 16.9 Å². The van der Waals surface area contributed by atoms with Crippen LogP contribution in [0, 0.1) is 18.8 Å². The molecule has 2 aromatic rings. The number of anilines is 2. The first-order chi connectivity index (χ1) is 10.2. The van der Waals surface area contributed by atoms with E-state index in [0.717, 1.165) is 16.8 Å². The van der Waals surface area contributed by atoms with Crippen molar-refractivity contribution in [3.8, 4) is 11.8 Å². The fraction of sp³-hybridized carbons (Fsp3) is 0.118. The smallest absolute Gasteiger partial charge is 0.323 e. The maximum absolute atomic E-state index is 11.9. The molecule has 2 amide bonds. The molecule has 0 heterocycles. The van der Waals surface area contributed by atoms with Crippen molar-refractivity contribution < 1.29 is 9.90 Å². The molecule has 0 fully saturated rings. The van der Waals surface area contributed by atoms with Crippen molar-refractivity contribution in [2.24, 2.45) is 0 Å². The van der Waals surface area contributed by atoms with Gasteiger partial charge in [-0.3, -0.25) is 0 Å². The lowest BCUT2D eigenvalue weighted by atomic mass is 10.2. The maximum Gasteiger partial charge on any atom is 0.323 e. The van der Waals surface area contributed by atoms with Crippen LogP contribution in [0.2, 0.25) is 0 Å². The zero-order valence-electron chi connectivity index (χ0n) is 11.7. The van der Waals surface area contributed by atoms with E-state index in [0.29, 0.717) is 5.69 Å². The van der Waals surface area contributed by atoms with E-state index in [2.05, 4.69) is 22.5 Å². The second kappa shape index (κ2) is 7.13. The standard InChI is InChI=1S/C17H16N2O2/c1-13-4-2-6-16(12-13)19-17(21)18-15-9-7-14(8-10-15)5-3-11-20/h2,4,6-10,12,20H,11H2,1H3,(H2,18,19,21). The molecule has 0 aromatic heterocycles. The first kappa shape index (κ1) is 14.6. The van der Waals surface area contributed by atoms with Crippen LogP contribution in [-0.4, -0.2) is 17.7 Å². The number of amides is 2. The monoisotopic (exact) mass is 280 g/mol. The van der Waals surface area contributed by atoms with Crippen LogP contribution in [0.15, 0.2) is 48.5 Å². The fourth-order valence-electron chi connectivity index (χ4n) is 1.79. The number of carbonyl (C=O) groups excluding carboxylic acids is 1. The summed E-state index contributed by atoms with van der Waals surface area (Å²) in [7, 11) is 0. The van der Waals surface area contributed by atoms with Crippen molar-refractivity contribution in [2.45, 2.75) is 6.92 Å². The van der Waals surface area contributed by atoms with Crippen LogP contribution in [0.25, 0.3) is 0 Å². The number of urea groups is 1. The highest BCUT2D eigenvalue weighted by Gasteiger charge is 2.02. The van der Waals surface area contributed by atoms with E-state index < -0.39 is 0 Å². The molecule has 0 spiro atoms. The molecule has 0 atom stereocenters. The summed E-state index contributed by atoms with van der Waals surface area (Å²) >= 11 is 0. The third kappa shape index (κ3) is 4.68. The minimum absolute atomic E-state index is 0.168. The highest BCUT2D eigenvalue weighted by Crippen LogP contribution is 2.12. The van der Waals surface area contributed by atoms with Crippen LogP contribution in [0.4, 0.5) is 16.2 Å². The molecule has 106 valence electrons. The highest BCUT2D eigenvalue weighted by molar-refractivity contribution is 5.99. The quantitative estimate of drug-likeness (QED) is 0.741. The Balaban J connectivity index is 1.96. The average Bonchev–Trinajstić information content (AvgIpc) is 2.46. The molecule has 2 rings (SSSR count). The summed E-state index contributed by atoms with van der Waals surface area (Å²) in [5.41, 5.74) is 3.29. The van der Waals surface area contributed by atoms with Gasteiger partial charge in [-0.2, -0.15) is 0 Å². The minimum Gasteiger partial charge on any atom is -0.384 e. The van der Waals surface area contributed by atoms with Gasteiger partial charge in [0.05, 0.1) is 0 Å². The summed E-state index contributed by atoms with van der Waals surface area (Å²) in [6.45, 7) is 1.80. The Labute approximate surface area is 123 Å². The normalized spacial score (nSPS) is 9.43. The van der Waals surface area contributed by atoms with Crippen LogP contribution in [0.5, 0.6) is 0 Å². The van der Waals surface area contributed by atoms with Crippen LogP contribution in [0.3, 0.4) is 0 Å². The van der Waals surface area contributed by atoms with Crippen LogP contribution >= 0.6 is 0 Å². The van der Waals surface area contributed by atoms with E-state index in [1.54, 1.807) is 24.3 Å². The predicted octanol–water partition coefficient (Wildman–Crippen LogP) is 2.98. The van der Waals surface area contributed by atoms with E-state index >= 15 is 0 Å². The molecule has 4 nitrogen and oxygen atoms in total. The zero-order valence-corrected chi connectivity index (χ0v) is 11.7. The zero-order chi connectivity index (χ0) is 15.1. The van der Waals surface area contributed by atoms with Crippen molar-refractivity contribution >= 4 is 17.4 Å². The van der Waals surface area contributed by atoms with E-state index in [1.165, 1.54) is 0 Å². The Kier molecular flexibility index (Phi) is 4.97. The maximum atomic E-state index is 11.9. The van der Waals surface area contributed by atoms with Gasteiger partial charge in [0.15, 0.2) is 0 Å². The molecule has 4 heteroatoms. The Hall–Kier alpha value is -2.77. The first-order valence-corrected chi connectivity index (χ1v) is 6.52. The third-order valence-electron chi connectivity index (χ3n) is 2.73. The van der Waals surface area contributed by atoms with Gasteiger partial charge in [-0.05, 0) is 48.9 Å². The van der Waals surface area contributed by atoms with E-state index in [1.807, 2.05) is 31.2 Å². The number of aryl methyl sites for hydroxylation is 1. The van der Waals surface area contributed by atoms with Gasteiger partial charge < -0.3 is 15.7 Å². The number of carbonyl (C=O) groups is 1. The SMILES string of the molecule is Cc1cccc(NC(=O)Nc2ccc(C#CCO)cc2)c1. The summed E-state index contributed by atoms with van der Waals surface area (Å²) < 4.78 is 0. The number of rotatable bonds is 2. The number of aliphatic hydroxyl groups excluding tert-OH is 1. The van der Waals surface area contributed by atoms with E-state index in [9.17, 15) is 4.79 Å². The Morgan fingerprint density at radius 2 is 1.81 bits per heavy atom. The average molecular weight is 280 g/mol. The van der Waals surface area contributed by atoms with Gasteiger partial charge in [0.25, 0.3) is 0 Å². The number of nitrogens with one attached hydrogen (secondary N) is 2. The first-order valence-electron chi connectivity index (χ1n) is 6.52. The number of hydrogen-bond acceptors (Lipinski definition) is 2. The van der Waals surface area contributed by atoms with Gasteiger partial charge in [-0.25, -0.2) is 4.79 Å². The van der Waals surface area contributed by atoms with Gasteiger partial charge in [-0.15, -0.1) is 0 Å². The molecule has 0 bridgehead atoms. The lowest BCUT2D eigenvalue weighted by Gasteiger charge is -2.08. The summed E-state index contributed by atoms with van der Waals surface area (Å²) in [5, 5.41) is 14.1. The molecule has 0 aliphatic rings. The molecular formula is C17H16N2O2. The predicted molar refractivity (Wildman–Crippen MR) is 84.2 cm³/mol. The second-order valence-electron chi connectivity index (χ2n) is 4.49. The van der Waals surface area contributed by atoms with Gasteiger partial charge in [0.1, 0.15) is 6.61 Å². The van der Waals surface area contributed by atoms with E-state index in [4.69, 9.17) is 5.11 Å². The van der Waals surface area contributed by atoms with E-state index in [-0.39, 0.29) is 12.6 Å². The molecule has 0 radical (unpaired) electrons. The van der Waals surface area contributed by atoms with Gasteiger partial charge in [0.2, 0.25) is 0 Å². The van der Waals surface area contributed by atoms with Crippen LogP contribution < -0.4 is 10.6 Å². The molecule has 21 heavy (non-hydrogen) atoms. The summed E-state index contributed by atoms with van der Waals surface area (Å²) in [5.74, 6) is 5.36.